The fourth-order valence-corrected chi connectivity index (χ4v) is 2.14. The Morgan fingerprint density at radius 1 is 0.882 bits per heavy atom. The number of fused-ring (bicyclic) bond motifs is 1. The van der Waals surface area contributed by atoms with Gasteiger partial charge in [-0.15, -0.1) is 0 Å². The van der Waals surface area contributed by atoms with Crippen LogP contribution < -0.4 is 10.6 Å². The predicted molar refractivity (Wildman–Crippen MR) is 66.9 cm³/mol. The van der Waals surface area contributed by atoms with Crippen LogP contribution in [0.5, 0.6) is 0 Å². The van der Waals surface area contributed by atoms with Gasteiger partial charge in [-0.1, -0.05) is 48.5 Å². The van der Waals surface area contributed by atoms with Crippen molar-refractivity contribution in [2.75, 3.05) is 5.32 Å². The van der Waals surface area contributed by atoms with Gasteiger partial charge in [0.05, 0.1) is 6.04 Å². The van der Waals surface area contributed by atoms with Gasteiger partial charge in [0, 0.05) is 11.3 Å². The predicted octanol–water partition coefficient (Wildman–Crippen LogP) is 2.91. The summed E-state index contributed by atoms with van der Waals surface area (Å²) in [6.45, 7) is 0. The zero-order valence-electron chi connectivity index (χ0n) is 9.18. The first kappa shape index (κ1) is 9.90. The minimum atomic E-state index is -0.155. The molecule has 0 saturated carbocycles. The van der Waals surface area contributed by atoms with E-state index in [1.165, 1.54) is 0 Å². The number of anilines is 1. The lowest BCUT2D eigenvalue weighted by Crippen LogP contribution is -2.38. The number of para-hydroxylation sites is 1. The summed E-state index contributed by atoms with van der Waals surface area (Å²) in [7, 11) is 0. The van der Waals surface area contributed by atoms with E-state index in [0.29, 0.717) is 0 Å². The number of rotatable bonds is 1. The molecule has 0 aromatic heterocycles. The third-order valence-corrected chi connectivity index (χ3v) is 2.93. The molecule has 0 aliphatic carbocycles. The van der Waals surface area contributed by atoms with Gasteiger partial charge in [-0.3, -0.25) is 0 Å². The van der Waals surface area contributed by atoms with E-state index in [4.69, 9.17) is 0 Å². The van der Waals surface area contributed by atoms with Gasteiger partial charge >= 0.3 is 6.03 Å². The smallest absolute Gasteiger partial charge is 0.320 e. The average Bonchev–Trinajstić information content (AvgIpc) is 2.39. The Hall–Kier alpha value is -2.29. The average molecular weight is 224 g/mol. The molecule has 1 atom stereocenters. The van der Waals surface area contributed by atoms with Gasteiger partial charge in [0.1, 0.15) is 0 Å². The maximum Gasteiger partial charge on any atom is 0.320 e. The summed E-state index contributed by atoms with van der Waals surface area (Å²) in [6.07, 6.45) is 0. The van der Waals surface area contributed by atoms with Crippen LogP contribution in [0.2, 0.25) is 0 Å². The fourth-order valence-electron chi connectivity index (χ4n) is 2.14. The number of carbonyl (C=O) groups excluding carboxylic acids is 1. The number of amides is 2. The second kappa shape index (κ2) is 3.94. The molecule has 1 aliphatic rings. The highest BCUT2D eigenvalue weighted by atomic mass is 16.2. The lowest BCUT2D eigenvalue weighted by Gasteiger charge is -2.27. The summed E-state index contributed by atoms with van der Waals surface area (Å²) in [5, 5.41) is 5.75. The molecular formula is C14H12N2O. The van der Waals surface area contributed by atoms with E-state index < -0.39 is 0 Å². The number of hydrogen-bond donors (Lipinski definition) is 2. The zero-order chi connectivity index (χ0) is 11.7. The standard InChI is InChI=1S/C14H12N2O/c17-14-15-12-9-5-4-8-11(12)13(16-14)10-6-2-1-3-7-10/h1-9,13H,(H2,15,16,17). The second-order valence-electron chi connectivity index (χ2n) is 4.03. The van der Waals surface area contributed by atoms with Crippen LogP contribution in [0.15, 0.2) is 54.6 Å². The van der Waals surface area contributed by atoms with Crippen molar-refractivity contribution in [2.45, 2.75) is 6.04 Å². The zero-order valence-corrected chi connectivity index (χ0v) is 9.18. The van der Waals surface area contributed by atoms with E-state index in [0.717, 1.165) is 16.8 Å². The van der Waals surface area contributed by atoms with Crippen molar-refractivity contribution < 1.29 is 4.79 Å². The van der Waals surface area contributed by atoms with E-state index in [2.05, 4.69) is 10.6 Å². The molecule has 17 heavy (non-hydrogen) atoms. The molecule has 1 unspecified atom stereocenters. The van der Waals surface area contributed by atoms with Crippen LogP contribution in [0.3, 0.4) is 0 Å². The summed E-state index contributed by atoms with van der Waals surface area (Å²) in [4.78, 5) is 11.6. The van der Waals surface area contributed by atoms with Crippen LogP contribution in [-0.2, 0) is 0 Å². The number of nitrogens with one attached hydrogen (secondary N) is 2. The summed E-state index contributed by atoms with van der Waals surface area (Å²) in [6, 6.07) is 17.6. The minimum Gasteiger partial charge on any atom is -0.327 e. The third-order valence-electron chi connectivity index (χ3n) is 2.93. The monoisotopic (exact) mass is 224 g/mol. The Balaban J connectivity index is 2.10. The summed E-state index contributed by atoms with van der Waals surface area (Å²) in [5.74, 6) is 0. The molecule has 3 rings (SSSR count). The van der Waals surface area contributed by atoms with Gasteiger partial charge in [0.25, 0.3) is 0 Å². The summed E-state index contributed by atoms with van der Waals surface area (Å²) in [5.41, 5.74) is 3.07. The molecule has 84 valence electrons. The van der Waals surface area contributed by atoms with Gasteiger partial charge in [-0.2, -0.15) is 0 Å². The van der Waals surface area contributed by atoms with E-state index >= 15 is 0 Å². The van der Waals surface area contributed by atoms with E-state index in [9.17, 15) is 4.79 Å². The molecule has 1 heterocycles. The van der Waals surface area contributed by atoms with Crippen LogP contribution in [0.1, 0.15) is 17.2 Å². The van der Waals surface area contributed by atoms with Crippen molar-refractivity contribution in [3.63, 3.8) is 0 Å². The Kier molecular flexibility index (Phi) is 2.29. The first-order valence-electron chi connectivity index (χ1n) is 5.56. The first-order valence-corrected chi connectivity index (χ1v) is 5.56. The summed E-state index contributed by atoms with van der Waals surface area (Å²) >= 11 is 0. The number of urea groups is 1. The Bertz CT molecular complexity index is 551. The molecular weight excluding hydrogens is 212 g/mol. The van der Waals surface area contributed by atoms with E-state index in [1.807, 2.05) is 54.6 Å². The molecule has 3 nitrogen and oxygen atoms in total. The molecule has 0 saturated heterocycles. The fraction of sp³-hybridized carbons (Fsp3) is 0.0714. The molecule has 0 radical (unpaired) electrons. The molecule has 2 aromatic rings. The lowest BCUT2D eigenvalue weighted by atomic mass is 9.96. The topological polar surface area (TPSA) is 41.1 Å². The highest BCUT2D eigenvalue weighted by Gasteiger charge is 2.24. The largest absolute Gasteiger partial charge is 0.327 e. The SMILES string of the molecule is O=C1Nc2ccccc2C(c2ccccc2)N1. The summed E-state index contributed by atoms with van der Waals surface area (Å²) < 4.78 is 0. The molecule has 2 aromatic carbocycles. The Labute approximate surface area is 99.5 Å². The van der Waals surface area contributed by atoms with E-state index in [1.54, 1.807) is 0 Å². The second-order valence-corrected chi connectivity index (χ2v) is 4.03. The molecule has 3 heteroatoms. The van der Waals surface area contributed by atoms with Gasteiger partial charge in [0.2, 0.25) is 0 Å². The lowest BCUT2D eigenvalue weighted by molar-refractivity contribution is 0.249. The van der Waals surface area contributed by atoms with Crippen molar-refractivity contribution in [3.8, 4) is 0 Å². The quantitative estimate of drug-likeness (QED) is 0.768. The first-order chi connectivity index (χ1) is 8.34. The van der Waals surface area contributed by atoms with Gasteiger partial charge in [-0.25, -0.2) is 4.79 Å². The van der Waals surface area contributed by atoms with Crippen molar-refractivity contribution in [1.29, 1.82) is 0 Å². The maximum atomic E-state index is 11.6. The van der Waals surface area contributed by atoms with Crippen molar-refractivity contribution >= 4 is 11.7 Å². The highest BCUT2D eigenvalue weighted by molar-refractivity contribution is 5.93. The van der Waals surface area contributed by atoms with Crippen LogP contribution >= 0.6 is 0 Å². The Morgan fingerprint density at radius 3 is 2.41 bits per heavy atom. The number of carbonyl (C=O) groups is 1. The maximum absolute atomic E-state index is 11.6. The molecule has 0 spiro atoms. The number of benzene rings is 2. The van der Waals surface area contributed by atoms with Crippen molar-refractivity contribution in [2.24, 2.45) is 0 Å². The molecule has 0 fully saturated rings. The van der Waals surface area contributed by atoms with Crippen LogP contribution in [0.25, 0.3) is 0 Å². The van der Waals surface area contributed by atoms with Crippen LogP contribution in [-0.4, -0.2) is 6.03 Å². The molecule has 2 amide bonds. The Morgan fingerprint density at radius 2 is 1.59 bits per heavy atom. The van der Waals surface area contributed by atoms with Crippen molar-refractivity contribution in [1.82, 2.24) is 5.32 Å². The highest BCUT2D eigenvalue weighted by Crippen LogP contribution is 2.30. The minimum absolute atomic E-state index is 0.0684. The van der Waals surface area contributed by atoms with E-state index in [-0.39, 0.29) is 12.1 Å². The third kappa shape index (κ3) is 1.76. The number of hydrogen-bond acceptors (Lipinski definition) is 1. The molecule has 0 bridgehead atoms. The normalized spacial score (nSPS) is 17.9. The van der Waals surface area contributed by atoms with Crippen molar-refractivity contribution in [3.05, 3.63) is 65.7 Å². The van der Waals surface area contributed by atoms with Gasteiger partial charge in [0.15, 0.2) is 0 Å². The van der Waals surface area contributed by atoms with Gasteiger partial charge < -0.3 is 10.6 Å². The van der Waals surface area contributed by atoms with Crippen LogP contribution in [0.4, 0.5) is 10.5 Å². The molecule has 2 N–H and O–H groups in total. The molecule has 1 aliphatic heterocycles. The van der Waals surface area contributed by atoms with Crippen LogP contribution in [0, 0.1) is 0 Å². The van der Waals surface area contributed by atoms with Gasteiger partial charge in [-0.05, 0) is 11.6 Å².